The maximum Gasteiger partial charge on any atom is 0.357 e. The lowest BCUT2D eigenvalue weighted by Crippen LogP contribution is -2.22. The highest BCUT2D eigenvalue weighted by molar-refractivity contribution is 9.10. The molecule has 3 aromatic heterocycles. The van der Waals surface area contributed by atoms with Gasteiger partial charge in [-0.25, -0.2) is 14.6 Å². The maximum atomic E-state index is 12.9. The van der Waals surface area contributed by atoms with Gasteiger partial charge < -0.3 is 9.52 Å². The fraction of sp³-hybridized carbons (Fsp3) is 0. The number of imidazole rings is 1. The summed E-state index contributed by atoms with van der Waals surface area (Å²) in [6, 6.07) is 15.8. The number of H-pyrrole nitrogens is 1. The Hall–Kier alpha value is -3.23. The van der Waals surface area contributed by atoms with Crippen molar-refractivity contribution in [3.63, 3.8) is 0 Å². The van der Waals surface area contributed by atoms with E-state index in [-0.39, 0.29) is 11.1 Å². The van der Waals surface area contributed by atoms with Crippen LogP contribution in [0.3, 0.4) is 0 Å². The Morgan fingerprint density at radius 3 is 2.69 bits per heavy atom. The second-order valence-corrected chi connectivity index (χ2v) is 8.37. The van der Waals surface area contributed by atoms with Crippen LogP contribution in [0.25, 0.3) is 33.4 Å². The minimum Gasteiger partial charge on any atom is -0.478 e. The highest BCUT2D eigenvalue weighted by atomic mass is 79.9. The van der Waals surface area contributed by atoms with Gasteiger partial charge in [0.2, 0.25) is 0 Å². The minimum absolute atomic E-state index is 0.109. The number of hydrogen-bond donors (Lipinski definition) is 1. The number of carboxylic acid groups (broad SMARTS) is 1. The zero-order chi connectivity index (χ0) is 20.1. The van der Waals surface area contributed by atoms with Gasteiger partial charge in [-0.3, -0.25) is 0 Å². The molecule has 0 spiro atoms. The van der Waals surface area contributed by atoms with Crippen LogP contribution in [0.1, 0.15) is 16.1 Å². The van der Waals surface area contributed by atoms with Gasteiger partial charge in [0.05, 0.1) is 5.56 Å². The number of aromatic carboxylic acids is 1. The van der Waals surface area contributed by atoms with E-state index in [1.807, 2.05) is 18.2 Å². The third kappa shape index (κ3) is 3.06. The van der Waals surface area contributed by atoms with Crippen LogP contribution in [0, 0.1) is 0 Å². The Morgan fingerprint density at radius 1 is 1.14 bits per heavy atom. The predicted octanol–water partition coefficient (Wildman–Crippen LogP) is 3.60. The van der Waals surface area contributed by atoms with Gasteiger partial charge in [-0.1, -0.05) is 28.1 Å². The zero-order valence-electron chi connectivity index (χ0n) is 14.7. The summed E-state index contributed by atoms with van der Waals surface area (Å²) in [5, 5.41) is 9.00. The van der Waals surface area contributed by atoms with Gasteiger partial charge in [-0.15, -0.1) is 4.40 Å². The van der Waals surface area contributed by atoms with Crippen molar-refractivity contribution in [1.82, 2.24) is 4.40 Å². The number of nitrogens with zero attached hydrogens (tertiary/aromatic N) is 1. The third-order valence-corrected chi connectivity index (χ3v) is 6.06. The van der Waals surface area contributed by atoms with E-state index in [4.69, 9.17) is 9.52 Å². The van der Waals surface area contributed by atoms with Crippen molar-refractivity contribution in [2.24, 2.45) is 0 Å². The number of halogens is 1. The van der Waals surface area contributed by atoms with Gasteiger partial charge in [0.1, 0.15) is 16.1 Å². The van der Waals surface area contributed by atoms with E-state index in [2.05, 4.69) is 20.9 Å². The molecule has 0 radical (unpaired) electrons. The van der Waals surface area contributed by atoms with E-state index in [1.165, 1.54) is 23.5 Å². The first kappa shape index (κ1) is 17.8. The monoisotopic (exact) mass is 467 g/mol. The number of hydrogen-bond acceptors (Lipinski definition) is 4. The molecule has 142 valence electrons. The second kappa shape index (κ2) is 6.68. The maximum absolute atomic E-state index is 12.9. The number of rotatable bonds is 3. The fourth-order valence-electron chi connectivity index (χ4n) is 3.20. The van der Waals surface area contributed by atoms with Crippen LogP contribution in [0.15, 0.2) is 68.3 Å². The highest BCUT2D eigenvalue weighted by Crippen LogP contribution is 2.23. The van der Waals surface area contributed by atoms with E-state index in [0.717, 1.165) is 26.0 Å². The lowest BCUT2D eigenvalue weighted by molar-refractivity contribution is -0.308. The molecule has 0 saturated heterocycles. The summed E-state index contributed by atoms with van der Waals surface area (Å²) in [5.41, 5.74) is 2.58. The van der Waals surface area contributed by atoms with Crippen LogP contribution in [-0.4, -0.2) is 15.5 Å². The molecule has 0 fully saturated rings. The van der Waals surface area contributed by atoms with Gasteiger partial charge in [0.25, 0.3) is 0 Å². The number of fused-ring (bicyclic) bond motifs is 3. The first-order valence-electron chi connectivity index (χ1n) is 8.61. The van der Waals surface area contributed by atoms with Crippen molar-refractivity contribution in [2.45, 2.75) is 0 Å². The second-order valence-electron chi connectivity index (χ2n) is 6.43. The van der Waals surface area contributed by atoms with Crippen molar-refractivity contribution in [3.8, 4) is 11.3 Å². The van der Waals surface area contributed by atoms with Crippen LogP contribution in [-0.2, 0) is 0 Å². The average molecular weight is 468 g/mol. The topological polar surface area (TPSA) is 86.1 Å². The number of thiazole rings is 1. The number of carboxylic acids is 1. The summed E-state index contributed by atoms with van der Waals surface area (Å²) in [6.07, 6.45) is 1.72. The SMILES string of the molecule is O=C(O)c1ccc(-c2ccc(C=c3sc4[nH+]c5cc(Br)ccc5n4c3=O)o2)cc1. The first-order chi connectivity index (χ1) is 14.0. The molecule has 0 saturated carbocycles. The van der Waals surface area contributed by atoms with Gasteiger partial charge in [0.15, 0.2) is 11.0 Å². The Morgan fingerprint density at radius 2 is 1.93 bits per heavy atom. The van der Waals surface area contributed by atoms with Crippen LogP contribution in [0.5, 0.6) is 0 Å². The van der Waals surface area contributed by atoms with E-state index < -0.39 is 5.97 Å². The zero-order valence-corrected chi connectivity index (χ0v) is 17.1. The fourth-order valence-corrected chi connectivity index (χ4v) is 4.55. The molecular formula is C21H12BrN2O4S+. The van der Waals surface area contributed by atoms with E-state index >= 15 is 0 Å². The normalized spacial score (nSPS) is 12.2. The number of aromatic nitrogens is 2. The molecule has 29 heavy (non-hydrogen) atoms. The lowest BCUT2D eigenvalue weighted by atomic mass is 10.1. The van der Waals surface area contributed by atoms with Crippen LogP contribution < -0.4 is 15.1 Å². The van der Waals surface area contributed by atoms with Crippen molar-refractivity contribution in [2.75, 3.05) is 0 Å². The molecular weight excluding hydrogens is 456 g/mol. The lowest BCUT2D eigenvalue weighted by Gasteiger charge is -1.98. The third-order valence-electron chi connectivity index (χ3n) is 4.58. The number of nitrogens with one attached hydrogen (secondary N) is 1. The van der Waals surface area contributed by atoms with Gasteiger partial charge in [0, 0.05) is 22.2 Å². The molecule has 0 aliphatic carbocycles. The van der Waals surface area contributed by atoms with E-state index in [9.17, 15) is 9.59 Å². The summed E-state index contributed by atoms with van der Waals surface area (Å²) >= 11 is 4.80. The first-order valence-corrected chi connectivity index (χ1v) is 10.2. The van der Waals surface area contributed by atoms with Gasteiger partial charge >= 0.3 is 16.5 Å². The van der Waals surface area contributed by atoms with Crippen molar-refractivity contribution in [3.05, 3.63) is 85.3 Å². The molecule has 8 heteroatoms. The smallest absolute Gasteiger partial charge is 0.357 e. The molecule has 3 heterocycles. The highest BCUT2D eigenvalue weighted by Gasteiger charge is 2.19. The van der Waals surface area contributed by atoms with Crippen LogP contribution >= 0.6 is 27.3 Å². The molecule has 5 rings (SSSR count). The Kier molecular flexibility index (Phi) is 4.11. The molecule has 2 N–H and O–H groups in total. The number of furan rings is 1. The number of carbonyl (C=O) groups is 1. The molecule has 0 unspecified atom stereocenters. The Balaban J connectivity index is 1.56. The molecule has 0 amide bonds. The average Bonchev–Trinajstić information content (AvgIpc) is 3.38. The number of aromatic amines is 1. The largest absolute Gasteiger partial charge is 0.478 e. The molecule has 6 nitrogen and oxygen atoms in total. The van der Waals surface area contributed by atoms with Crippen molar-refractivity contribution < 1.29 is 19.3 Å². The van der Waals surface area contributed by atoms with Gasteiger partial charge in [-0.2, -0.15) is 0 Å². The minimum atomic E-state index is -0.973. The quantitative estimate of drug-likeness (QED) is 0.439. The van der Waals surface area contributed by atoms with Crippen molar-refractivity contribution >= 4 is 55.3 Å². The Bertz CT molecular complexity index is 1510. The molecule has 0 aliphatic heterocycles. The predicted molar refractivity (Wildman–Crippen MR) is 113 cm³/mol. The standard InChI is InChI=1S/C21H11BrN2O4S/c22-13-5-7-16-15(9-13)23-21-24(16)19(25)18(29-21)10-14-6-8-17(28-14)11-1-3-12(4-2-11)20(26)27/h1-10H,(H,26,27)/p+1. The summed E-state index contributed by atoms with van der Waals surface area (Å²) in [6.45, 7) is 0. The van der Waals surface area contributed by atoms with Gasteiger partial charge in [-0.05, 0) is 47.7 Å². The molecule has 0 aliphatic rings. The van der Waals surface area contributed by atoms with E-state index in [1.54, 1.807) is 34.7 Å². The molecule has 2 aromatic carbocycles. The number of benzene rings is 2. The van der Waals surface area contributed by atoms with E-state index in [0.29, 0.717) is 16.1 Å². The Labute approximate surface area is 175 Å². The van der Waals surface area contributed by atoms with Crippen LogP contribution in [0.2, 0.25) is 0 Å². The van der Waals surface area contributed by atoms with Crippen molar-refractivity contribution in [1.29, 1.82) is 0 Å². The summed E-state index contributed by atoms with van der Waals surface area (Å²) in [4.78, 5) is 27.9. The summed E-state index contributed by atoms with van der Waals surface area (Å²) < 4.78 is 9.00. The summed E-state index contributed by atoms with van der Waals surface area (Å²) in [5.74, 6) is 0.181. The molecule has 5 aromatic rings. The summed E-state index contributed by atoms with van der Waals surface area (Å²) in [7, 11) is 0. The molecule has 0 atom stereocenters. The van der Waals surface area contributed by atoms with Crippen LogP contribution in [0.4, 0.5) is 0 Å². The molecule has 0 bridgehead atoms.